The van der Waals surface area contributed by atoms with Crippen LogP contribution >= 0.6 is 12.4 Å². The van der Waals surface area contributed by atoms with Gasteiger partial charge in [-0.05, 0) is 30.2 Å². The molecule has 146 valence electrons. The topological polar surface area (TPSA) is 114 Å². The number of hydrogen-bond donors (Lipinski definition) is 3. The normalized spacial score (nSPS) is 11.2. The van der Waals surface area contributed by atoms with Crippen LogP contribution in [0.1, 0.15) is 13.8 Å². The number of amides is 3. The molecular weight excluding hydrogens is 360 g/mol. The van der Waals surface area contributed by atoms with Crippen LogP contribution in [0.5, 0.6) is 5.75 Å². The maximum Gasteiger partial charge on any atom is 0.259 e. The van der Waals surface area contributed by atoms with E-state index in [1.54, 1.807) is 38.4 Å². The molecule has 0 spiro atoms. The highest BCUT2D eigenvalue weighted by Crippen LogP contribution is 2.15. The minimum atomic E-state index is -0.644. The summed E-state index contributed by atoms with van der Waals surface area (Å²) in [6, 6.07) is 5.94. The molecular formula is C17H27ClN4O4. The van der Waals surface area contributed by atoms with E-state index in [1.165, 1.54) is 4.90 Å². The standard InChI is InChI=1S/C17H26N4O4.ClH/c1-11(2)16(18)17(24)19-9-14(22)20-12-5-7-13(8-6-12)25-10-15(23)21(3)4;/h5-8,11,16H,9-10,18H2,1-4H3,(H,19,24)(H,20,22);1H/t16-;/m0./s1. The molecule has 1 atom stereocenters. The number of anilines is 1. The molecule has 0 aliphatic carbocycles. The quantitative estimate of drug-likeness (QED) is 0.605. The third-order valence-electron chi connectivity index (χ3n) is 3.44. The second-order valence-electron chi connectivity index (χ2n) is 6.14. The van der Waals surface area contributed by atoms with Gasteiger partial charge in [0.25, 0.3) is 5.91 Å². The van der Waals surface area contributed by atoms with Crippen LogP contribution in [0.15, 0.2) is 24.3 Å². The van der Waals surface area contributed by atoms with Crippen LogP contribution in [0.25, 0.3) is 0 Å². The lowest BCUT2D eigenvalue weighted by molar-refractivity contribution is -0.130. The molecule has 0 unspecified atom stereocenters. The van der Waals surface area contributed by atoms with Gasteiger partial charge in [0, 0.05) is 19.8 Å². The number of halogens is 1. The van der Waals surface area contributed by atoms with Gasteiger partial charge < -0.3 is 26.0 Å². The first-order valence-corrected chi connectivity index (χ1v) is 7.97. The van der Waals surface area contributed by atoms with Crippen molar-refractivity contribution in [1.82, 2.24) is 10.2 Å². The van der Waals surface area contributed by atoms with Crippen molar-refractivity contribution in [3.05, 3.63) is 24.3 Å². The summed E-state index contributed by atoms with van der Waals surface area (Å²) in [6.45, 7) is 3.45. The first-order chi connectivity index (χ1) is 11.7. The molecule has 1 aromatic carbocycles. The van der Waals surface area contributed by atoms with Crippen LogP contribution < -0.4 is 21.1 Å². The number of nitrogens with one attached hydrogen (secondary N) is 2. The Morgan fingerprint density at radius 2 is 1.73 bits per heavy atom. The molecule has 0 bridgehead atoms. The van der Waals surface area contributed by atoms with Crippen molar-refractivity contribution in [1.29, 1.82) is 0 Å². The van der Waals surface area contributed by atoms with E-state index in [4.69, 9.17) is 10.5 Å². The third-order valence-corrected chi connectivity index (χ3v) is 3.44. The van der Waals surface area contributed by atoms with Gasteiger partial charge in [-0.15, -0.1) is 12.4 Å². The van der Waals surface area contributed by atoms with Crippen LogP contribution in [0, 0.1) is 5.92 Å². The van der Waals surface area contributed by atoms with Gasteiger partial charge in [-0.2, -0.15) is 0 Å². The summed E-state index contributed by atoms with van der Waals surface area (Å²) in [7, 11) is 3.30. The van der Waals surface area contributed by atoms with E-state index in [0.29, 0.717) is 11.4 Å². The lowest BCUT2D eigenvalue weighted by Crippen LogP contribution is -2.46. The van der Waals surface area contributed by atoms with Crippen molar-refractivity contribution >= 4 is 35.8 Å². The number of carbonyl (C=O) groups excluding carboxylic acids is 3. The van der Waals surface area contributed by atoms with Gasteiger partial charge >= 0.3 is 0 Å². The van der Waals surface area contributed by atoms with Crippen LogP contribution in [-0.4, -0.2) is 55.9 Å². The van der Waals surface area contributed by atoms with Gasteiger partial charge in [0.1, 0.15) is 5.75 Å². The molecule has 0 heterocycles. The molecule has 0 aliphatic heterocycles. The molecule has 4 N–H and O–H groups in total. The Bertz CT molecular complexity index is 605. The maximum absolute atomic E-state index is 11.8. The van der Waals surface area contributed by atoms with Crippen LogP contribution in [0.4, 0.5) is 5.69 Å². The average molecular weight is 387 g/mol. The molecule has 26 heavy (non-hydrogen) atoms. The van der Waals surface area contributed by atoms with Crippen molar-refractivity contribution in [3.63, 3.8) is 0 Å². The zero-order chi connectivity index (χ0) is 19.0. The first kappa shape index (κ1) is 23.7. The van der Waals surface area contributed by atoms with Crippen molar-refractivity contribution in [3.8, 4) is 5.75 Å². The first-order valence-electron chi connectivity index (χ1n) is 7.97. The van der Waals surface area contributed by atoms with E-state index < -0.39 is 6.04 Å². The molecule has 0 saturated heterocycles. The number of likely N-dealkylation sites (N-methyl/N-ethyl adjacent to an activating group) is 1. The predicted octanol–water partition coefficient (Wildman–Crippen LogP) is 0.613. The Labute approximate surface area is 159 Å². The second kappa shape index (κ2) is 11.3. The van der Waals surface area contributed by atoms with Gasteiger partial charge in [0.05, 0.1) is 12.6 Å². The fourth-order valence-corrected chi connectivity index (χ4v) is 1.70. The molecule has 8 nitrogen and oxygen atoms in total. The minimum absolute atomic E-state index is 0. The number of ether oxygens (including phenoxy) is 1. The molecule has 0 aromatic heterocycles. The average Bonchev–Trinajstić information content (AvgIpc) is 2.57. The molecule has 0 saturated carbocycles. The predicted molar refractivity (Wildman–Crippen MR) is 102 cm³/mol. The Morgan fingerprint density at radius 1 is 1.15 bits per heavy atom. The SMILES string of the molecule is CC(C)[C@H](N)C(=O)NCC(=O)Nc1ccc(OCC(=O)N(C)C)cc1.Cl. The number of hydrogen-bond acceptors (Lipinski definition) is 5. The van der Waals surface area contributed by atoms with Crippen molar-refractivity contribution in [2.45, 2.75) is 19.9 Å². The lowest BCUT2D eigenvalue weighted by Gasteiger charge is -2.15. The molecule has 9 heteroatoms. The molecule has 1 aromatic rings. The third kappa shape index (κ3) is 8.17. The van der Waals surface area contributed by atoms with E-state index in [1.807, 2.05) is 13.8 Å². The smallest absolute Gasteiger partial charge is 0.259 e. The van der Waals surface area contributed by atoms with Crippen LogP contribution in [-0.2, 0) is 14.4 Å². The molecule has 3 amide bonds. The van der Waals surface area contributed by atoms with E-state index in [0.717, 1.165) is 0 Å². The van der Waals surface area contributed by atoms with Gasteiger partial charge in [0.15, 0.2) is 6.61 Å². The van der Waals surface area contributed by atoms with Gasteiger partial charge in [-0.3, -0.25) is 14.4 Å². The van der Waals surface area contributed by atoms with Gasteiger partial charge in [0.2, 0.25) is 11.8 Å². The summed E-state index contributed by atoms with van der Waals surface area (Å²) in [4.78, 5) is 36.4. The van der Waals surface area contributed by atoms with Crippen molar-refractivity contribution in [2.75, 3.05) is 32.6 Å². The number of benzene rings is 1. The summed E-state index contributed by atoms with van der Waals surface area (Å²) in [5.41, 5.74) is 6.25. The number of carbonyl (C=O) groups is 3. The highest BCUT2D eigenvalue weighted by atomic mass is 35.5. The summed E-state index contributed by atoms with van der Waals surface area (Å²) in [5.74, 6) is -0.354. The largest absolute Gasteiger partial charge is 0.484 e. The fraction of sp³-hybridized carbons (Fsp3) is 0.471. The lowest BCUT2D eigenvalue weighted by atomic mass is 10.1. The zero-order valence-electron chi connectivity index (χ0n) is 15.4. The fourth-order valence-electron chi connectivity index (χ4n) is 1.70. The highest BCUT2D eigenvalue weighted by molar-refractivity contribution is 5.95. The Hall–Kier alpha value is -2.32. The Kier molecular flexibility index (Phi) is 10.3. The van der Waals surface area contributed by atoms with Crippen LogP contribution in [0.2, 0.25) is 0 Å². The highest BCUT2D eigenvalue weighted by Gasteiger charge is 2.17. The summed E-state index contributed by atoms with van der Waals surface area (Å²) in [5, 5.41) is 5.15. The number of rotatable bonds is 8. The van der Waals surface area contributed by atoms with Crippen LogP contribution in [0.3, 0.4) is 0 Å². The van der Waals surface area contributed by atoms with Gasteiger partial charge in [-0.25, -0.2) is 0 Å². The maximum atomic E-state index is 11.8. The summed E-state index contributed by atoms with van der Waals surface area (Å²) < 4.78 is 5.34. The Balaban J connectivity index is 0.00000625. The second-order valence-corrected chi connectivity index (χ2v) is 6.14. The summed E-state index contributed by atoms with van der Waals surface area (Å²) >= 11 is 0. The monoisotopic (exact) mass is 386 g/mol. The van der Waals surface area contributed by atoms with Crippen molar-refractivity contribution < 1.29 is 19.1 Å². The zero-order valence-corrected chi connectivity index (χ0v) is 16.3. The molecule has 0 radical (unpaired) electrons. The van der Waals surface area contributed by atoms with Gasteiger partial charge in [-0.1, -0.05) is 13.8 Å². The molecule has 1 rings (SSSR count). The number of nitrogens with two attached hydrogens (primary N) is 1. The Morgan fingerprint density at radius 3 is 2.23 bits per heavy atom. The van der Waals surface area contributed by atoms with E-state index >= 15 is 0 Å². The minimum Gasteiger partial charge on any atom is -0.484 e. The number of nitrogens with zero attached hydrogens (tertiary/aromatic N) is 1. The van der Waals surface area contributed by atoms with E-state index in [9.17, 15) is 14.4 Å². The van der Waals surface area contributed by atoms with Crippen molar-refractivity contribution in [2.24, 2.45) is 11.7 Å². The molecule has 0 aliphatic rings. The summed E-state index contributed by atoms with van der Waals surface area (Å²) in [6.07, 6.45) is 0. The van der Waals surface area contributed by atoms with E-state index in [2.05, 4.69) is 10.6 Å². The van der Waals surface area contributed by atoms with E-state index in [-0.39, 0.29) is 49.2 Å². The molecule has 0 fully saturated rings.